The third-order valence-electron chi connectivity index (χ3n) is 3.83. The maximum absolute atomic E-state index is 11.7. The van der Waals surface area contributed by atoms with Gasteiger partial charge in [-0.3, -0.25) is 10.1 Å². The highest BCUT2D eigenvalue weighted by Gasteiger charge is 2.24. The molecule has 2 aromatic carbocycles. The Kier molecular flexibility index (Phi) is 4.23. The van der Waals surface area contributed by atoms with E-state index in [0.29, 0.717) is 15.6 Å². The van der Waals surface area contributed by atoms with Crippen molar-refractivity contribution in [3.8, 4) is 0 Å². The molecule has 126 valence electrons. The van der Waals surface area contributed by atoms with Crippen LogP contribution in [-0.2, 0) is 0 Å². The fourth-order valence-electron chi connectivity index (χ4n) is 2.61. The molecule has 1 unspecified atom stereocenters. The first-order chi connectivity index (χ1) is 11.3. The lowest BCUT2D eigenvalue weighted by molar-refractivity contribution is -0.384. The van der Waals surface area contributed by atoms with Gasteiger partial charge in [0.25, 0.3) is 0 Å². The Balaban J connectivity index is 2.42. The van der Waals surface area contributed by atoms with Crippen LogP contribution in [0.4, 0.5) is 22.7 Å². The fraction of sp³-hybridized carbons (Fsp3) is 0.250. The molecule has 0 spiro atoms. The third-order valence-corrected chi connectivity index (χ3v) is 6.26. The number of hydrogen-bond donors (Lipinski definition) is 0. The van der Waals surface area contributed by atoms with E-state index in [2.05, 4.69) is 4.99 Å². The van der Waals surface area contributed by atoms with Crippen LogP contribution in [0.2, 0.25) is 0 Å². The number of benzene rings is 2. The van der Waals surface area contributed by atoms with Crippen molar-refractivity contribution in [2.24, 2.45) is 4.99 Å². The van der Waals surface area contributed by atoms with Gasteiger partial charge in [-0.25, -0.2) is 4.99 Å². The van der Waals surface area contributed by atoms with Gasteiger partial charge in [0.15, 0.2) is 0 Å². The molecule has 6 nitrogen and oxygen atoms in total. The first-order valence-corrected chi connectivity index (χ1v) is 9.28. The second-order valence-corrected chi connectivity index (χ2v) is 8.13. The number of halogens is 1. The van der Waals surface area contributed by atoms with Crippen molar-refractivity contribution < 1.29 is 4.92 Å². The SMILES string of the molecule is CN(C)c1ccc2c(c1)S(Cl)=c1c([N+](=O)[O-])c(N(C)C)ccc1=N2. The minimum absolute atomic E-state index is 0.0282. The average molecular weight is 365 g/mol. The van der Waals surface area contributed by atoms with Gasteiger partial charge >= 0.3 is 5.69 Å². The van der Waals surface area contributed by atoms with Crippen LogP contribution >= 0.6 is 20.4 Å². The molecule has 24 heavy (non-hydrogen) atoms. The summed E-state index contributed by atoms with van der Waals surface area (Å²) in [5, 5.41) is 12.3. The van der Waals surface area contributed by atoms with Crippen LogP contribution in [0.1, 0.15) is 0 Å². The van der Waals surface area contributed by atoms with Crippen LogP contribution in [0, 0.1) is 14.6 Å². The molecule has 1 aliphatic rings. The van der Waals surface area contributed by atoms with Crippen molar-refractivity contribution in [3.63, 3.8) is 0 Å². The van der Waals surface area contributed by atoms with Gasteiger partial charge in [-0.2, -0.15) is 0 Å². The fourth-order valence-corrected chi connectivity index (χ4v) is 4.82. The zero-order valence-corrected chi connectivity index (χ0v) is 15.4. The maximum Gasteiger partial charge on any atom is 0.308 e. The summed E-state index contributed by atoms with van der Waals surface area (Å²) >= 11 is 0. The smallest absolute Gasteiger partial charge is 0.308 e. The molecule has 0 saturated carbocycles. The van der Waals surface area contributed by atoms with E-state index < -0.39 is 9.70 Å². The molecule has 0 bridgehead atoms. The molecule has 1 heterocycles. The Morgan fingerprint density at radius 3 is 2.42 bits per heavy atom. The number of nitrogens with zero attached hydrogens (tertiary/aromatic N) is 4. The van der Waals surface area contributed by atoms with E-state index in [1.807, 2.05) is 37.2 Å². The van der Waals surface area contributed by atoms with Crippen molar-refractivity contribution in [1.29, 1.82) is 0 Å². The van der Waals surface area contributed by atoms with Crippen molar-refractivity contribution in [2.75, 3.05) is 38.0 Å². The standard InChI is InChI=1S/C16H17ClN4O2S/c1-19(2)10-5-6-11-14(9-10)24(17)16-12(18-11)7-8-13(20(3)4)15(16)21(22)23/h5-9H,1-4H3. The molecule has 2 aromatic rings. The van der Waals surface area contributed by atoms with E-state index in [1.165, 1.54) is 0 Å². The molecule has 0 N–H and O–H groups in total. The number of fused-ring (bicyclic) bond motifs is 2. The second kappa shape index (κ2) is 6.07. The molecule has 8 heteroatoms. The van der Waals surface area contributed by atoms with Gasteiger partial charge in [0.2, 0.25) is 0 Å². The summed E-state index contributed by atoms with van der Waals surface area (Å²) < 4.78 is 0.483. The molecule has 0 amide bonds. The summed E-state index contributed by atoms with van der Waals surface area (Å²) in [5.41, 5.74) is 2.30. The van der Waals surface area contributed by atoms with Gasteiger partial charge in [0, 0.05) is 38.8 Å². The summed E-state index contributed by atoms with van der Waals surface area (Å²) in [6.45, 7) is 0. The van der Waals surface area contributed by atoms with Gasteiger partial charge in [-0.1, -0.05) is 0 Å². The van der Waals surface area contributed by atoms with Gasteiger partial charge < -0.3 is 9.80 Å². The lowest BCUT2D eigenvalue weighted by atomic mass is 10.2. The molecule has 0 aromatic heterocycles. The predicted octanol–water partition coefficient (Wildman–Crippen LogP) is 3.72. The number of anilines is 2. The van der Waals surface area contributed by atoms with Crippen LogP contribution in [-0.4, -0.2) is 33.1 Å². The third kappa shape index (κ3) is 2.63. The summed E-state index contributed by atoms with van der Waals surface area (Å²) in [6.07, 6.45) is 0. The zero-order valence-electron chi connectivity index (χ0n) is 13.8. The molecule has 0 saturated heterocycles. The minimum atomic E-state index is -0.942. The largest absolute Gasteiger partial charge is 0.378 e. The topological polar surface area (TPSA) is 62.0 Å². The number of hydrogen-bond acceptors (Lipinski definition) is 5. The molecule has 1 atom stereocenters. The van der Waals surface area contributed by atoms with E-state index >= 15 is 0 Å². The van der Waals surface area contributed by atoms with Crippen LogP contribution in [0.15, 0.2) is 40.2 Å². The molecule has 0 radical (unpaired) electrons. The lowest BCUT2D eigenvalue weighted by Crippen LogP contribution is -2.16. The maximum atomic E-state index is 11.7. The number of rotatable bonds is 3. The zero-order chi connectivity index (χ0) is 17.6. The first kappa shape index (κ1) is 16.7. The molecule has 0 aliphatic carbocycles. The molecule has 1 aliphatic heterocycles. The Hall–Kier alpha value is -2.12. The monoisotopic (exact) mass is 364 g/mol. The molecular weight excluding hydrogens is 348 g/mol. The Morgan fingerprint density at radius 1 is 1.12 bits per heavy atom. The van der Waals surface area contributed by atoms with Crippen LogP contribution in [0.5, 0.6) is 0 Å². The Morgan fingerprint density at radius 2 is 1.83 bits per heavy atom. The Labute approximate surface area is 146 Å². The van der Waals surface area contributed by atoms with Crippen molar-refractivity contribution >= 4 is 43.1 Å². The highest BCUT2D eigenvalue weighted by atomic mass is 35.7. The van der Waals surface area contributed by atoms with Crippen molar-refractivity contribution in [3.05, 3.63) is 50.3 Å². The van der Waals surface area contributed by atoms with Crippen molar-refractivity contribution in [2.45, 2.75) is 4.90 Å². The van der Waals surface area contributed by atoms with Crippen LogP contribution in [0.3, 0.4) is 0 Å². The van der Waals surface area contributed by atoms with Crippen LogP contribution < -0.4 is 15.2 Å². The van der Waals surface area contributed by atoms with E-state index in [9.17, 15) is 10.1 Å². The van der Waals surface area contributed by atoms with Gasteiger partial charge in [0.1, 0.15) is 10.2 Å². The summed E-state index contributed by atoms with van der Waals surface area (Å²) in [5.74, 6) is 0. The summed E-state index contributed by atoms with van der Waals surface area (Å²) in [6, 6.07) is 9.33. The average Bonchev–Trinajstić information content (AvgIpc) is 2.53. The molecule has 0 fully saturated rings. The van der Waals surface area contributed by atoms with E-state index in [0.717, 1.165) is 16.3 Å². The molecular formula is C16H17ClN4O2S. The second-order valence-electron chi connectivity index (χ2n) is 5.85. The van der Waals surface area contributed by atoms with Crippen molar-refractivity contribution in [1.82, 2.24) is 0 Å². The predicted molar refractivity (Wildman–Crippen MR) is 99.6 cm³/mol. The number of nitro groups is 1. The normalized spacial score (nSPS) is 15.1. The van der Waals surface area contributed by atoms with Gasteiger partial charge in [-0.15, -0.1) is 0 Å². The van der Waals surface area contributed by atoms with Gasteiger partial charge in [-0.05, 0) is 50.7 Å². The quantitative estimate of drug-likeness (QED) is 0.473. The summed E-state index contributed by atoms with van der Waals surface area (Å²) in [7, 11) is 13.2. The van der Waals surface area contributed by atoms with Gasteiger partial charge in [0.05, 0.1) is 16.0 Å². The summed E-state index contributed by atoms with van der Waals surface area (Å²) in [4.78, 5) is 20.4. The Bertz CT molecular complexity index is 973. The first-order valence-electron chi connectivity index (χ1n) is 7.23. The highest BCUT2D eigenvalue weighted by molar-refractivity contribution is 8.30. The van der Waals surface area contributed by atoms with Crippen LogP contribution in [0.25, 0.3) is 0 Å². The van der Waals surface area contributed by atoms with E-state index in [4.69, 9.17) is 10.7 Å². The number of nitro benzene ring substituents is 1. The highest BCUT2D eigenvalue weighted by Crippen LogP contribution is 2.46. The van der Waals surface area contributed by atoms with E-state index in [1.54, 1.807) is 31.1 Å². The molecule has 3 rings (SSSR count). The minimum Gasteiger partial charge on any atom is -0.378 e. The van der Waals surface area contributed by atoms with E-state index in [-0.39, 0.29) is 10.6 Å². The lowest BCUT2D eigenvalue weighted by Gasteiger charge is -2.18.